The lowest BCUT2D eigenvalue weighted by molar-refractivity contribution is -0.159. The van der Waals surface area contributed by atoms with E-state index in [2.05, 4.69) is 17.0 Å². The number of hydrogen-bond donors (Lipinski definition) is 3. The predicted octanol–water partition coefficient (Wildman–Crippen LogP) is 4.91. The van der Waals surface area contributed by atoms with Gasteiger partial charge in [-0.15, -0.1) is 0 Å². The molecule has 9 heteroatoms. The molecule has 174 valence electrons. The van der Waals surface area contributed by atoms with Crippen LogP contribution in [0.4, 0.5) is 0 Å². The molecule has 0 saturated carbocycles. The molecule has 1 unspecified atom stereocenters. The van der Waals surface area contributed by atoms with Crippen LogP contribution in [0.2, 0.25) is 10.0 Å². The Labute approximate surface area is 200 Å². The quantitative estimate of drug-likeness (QED) is 0.446. The maximum atomic E-state index is 11.4. The van der Waals surface area contributed by atoms with Gasteiger partial charge in [-0.05, 0) is 49.4 Å². The molecule has 1 aromatic heterocycles. The number of fused-ring (bicyclic) bond motifs is 3. The average molecular weight is 492 g/mol. The number of carbonyl (C=O) groups is 2. The van der Waals surface area contributed by atoms with Gasteiger partial charge in [0.1, 0.15) is 5.58 Å². The topological polar surface area (TPSA) is 111 Å². The van der Waals surface area contributed by atoms with Crippen LogP contribution in [0.3, 0.4) is 0 Å². The molecule has 0 spiro atoms. The van der Waals surface area contributed by atoms with E-state index in [1.807, 2.05) is 30.5 Å². The molecule has 2 bridgehead atoms. The lowest BCUT2D eigenvalue weighted by Gasteiger charge is -2.44. The number of aliphatic carboxylic acids is 2. The summed E-state index contributed by atoms with van der Waals surface area (Å²) in [7, 11) is 0. The summed E-state index contributed by atoms with van der Waals surface area (Å²) < 4.78 is 5.71. The number of nitrogens with zero attached hydrogens (tertiary/aromatic N) is 1. The molecule has 33 heavy (non-hydrogen) atoms. The van der Waals surface area contributed by atoms with Crippen LogP contribution in [0.5, 0.6) is 0 Å². The highest BCUT2D eigenvalue weighted by molar-refractivity contribution is 6.42. The predicted molar refractivity (Wildman–Crippen MR) is 123 cm³/mol. The van der Waals surface area contributed by atoms with Gasteiger partial charge in [-0.3, -0.25) is 4.90 Å². The Morgan fingerprint density at radius 2 is 1.64 bits per heavy atom. The van der Waals surface area contributed by atoms with Gasteiger partial charge in [-0.2, -0.15) is 0 Å². The van der Waals surface area contributed by atoms with Crippen LogP contribution in [0.1, 0.15) is 36.8 Å². The second-order valence-electron chi connectivity index (χ2n) is 8.49. The fourth-order valence-corrected chi connectivity index (χ4v) is 5.25. The average Bonchev–Trinajstić information content (AvgIpc) is 3.29. The number of furan rings is 1. The summed E-state index contributed by atoms with van der Waals surface area (Å²) in [5.74, 6) is -3.65. The fraction of sp³-hybridized carbons (Fsp3) is 0.333. The summed E-state index contributed by atoms with van der Waals surface area (Å²) in [5, 5.41) is 28.4. The number of aliphatic hydroxyl groups is 1. The molecule has 3 heterocycles. The summed E-state index contributed by atoms with van der Waals surface area (Å²) in [6.07, 6.45) is 5.55. The van der Waals surface area contributed by atoms with Crippen molar-refractivity contribution in [2.24, 2.45) is 0 Å². The molecule has 7 nitrogen and oxygen atoms in total. The highest BCUT2D eigenvalue weighted by atomic mass is 35.5. The number of carboxylic acid groups (broad SMARTS) is 2. The molecule has 3 atom stereocenters. The molecule has 2 aliphatic rings. The van der Waals surface area contributed by atoms with Gasteiger partial charge < -0.3 is 19.7 Å². The molecule has 3 aromatic rings. The summed E-state index contributed by atoms with van der Waals surface area (Å²) in [5.41, 5.74) is 2.20. The maximum Gasteiger partial charge on any atom is 0.414 e. The van der Waals surface area contributed by atoms with E-state index in [0.717, 1.165) is 43.4 Å². The number of hydrogen-bond acceptors (Lipinski definition) is 5. The van der Waals surface area contributed by atoms with E-state index in [1.165, 1.54) is 10.9 Å². The third kappa shape index (κ3) is 4.87. The lowest BCUT2D eigenvalue weighted by Crippen LogP contribution is -2.49. The Balaban J connectivity index is 0.000000385. The molecule has 2 fully saturated rings. The number of piperidine rings is 1. The van der Waals surface area contributed by atoms with Crippen LogP contribution >= 0.6 is 23.2 Å². The van der Waals surface area contributed by atoms with Crippen LogP contribution in [-0.4, -0.2) is 44.2 Å². The van der Waals surface area contributed by atoms with Crippen molar-refractivity contribution >= 4 is 46.1 Å². The van der Waals surface area contributed by atoms with Gasteiger partial charge in [0.25, 0.3) is 0 Å². The van der Waals surface area contributed by atoms with Crippen molar-refractivity contribution in [1.82, 2.24) is 4.90 Å². The minimum Gasteiger partial charge on any atom is -0.473 e. The lowest BCUT2D eigenvalue weighted by atomic mass is 9.80. The Hall–Kier alpha value is -2.58. The molecule has 0 aliphatic carbocycles. The van der Waals surface area contributed by atoms with E-state index in [4.69, 9.17) is 47.4 Å². The van der Waals surface area contributed by atoms with Crippen molar-refractivity contribution in [2.75, 3.05) is 0 Å². The minimum atomic E-state index is -1.82. The van der Waals surface area contributed by atoms with Crippen molar-refractivity contribution in [2.45, 2.75) is 49.9 Å². The van der Waals surface area contributed by atoms with Gasteiger partial charge in [0.2, 0.25) is 0 Å². The summed E-state index contributed by atoms with van der Waals surface area (Å²) in [6, 6.07) is 14.4. The van der Waals surface area contributed by atoms with Gasteiger partial charge in [0.05, 0.1) is 21.9 Å². The van der Waals surface area contributed by atoms with Gasteiger partial charge in [-0.1, -0.05) is 47.5 Å². The smallest absolute Gasteiger partial charge is 0.414 e. The van der Waals surface area contributed by atoms with E-state index >= 15 is 0 Å². The van der Waals surface area contributed by atoms with Crippen LogP contribution in [0.25, 0.3) is 11.0 Å². The maximum absolute atomic E-state index is 11.4. The Bertz CT molecular complexity index is 1170. The number of para-hydroxylation sites is 1. The Morgan fingerprint density at radius 1 is 1.00 bits per heavy atom. The minimum absolute atomic E-state index is 0.358. The van der Waals surface area contributed by atoms with Crippen molar-refractivity contribution in [3.8, 4) is 0 Å². The first-order chi connectivity index (χ1) is 15.7. The molecule has 0 radical (unpaired) electrons. The summed E-state index contributed by atoms with van der Waals surface area (Å²) >= 11 is 12.3. The monoisotopic (exact) mass is 491 g/mol. The van der Waals surface area contributed by atoms with Crippen molar-refractivity contribution < 1.29 is 29.3 Å². The highest BCUT2D eigenvalue weighted by Crippen LogP contribution is 2.47. The normalized spacial score (nSPS) is 24.3. The fourth-order valence-electron chi connectivity index (χ4n) is 4.95. The van der Waals surface area contributed by atoms with Crippen LogP contribution in [0, 0.1) is 0 Å². The van der Waals surface area contributed by atoms with Crippen molar-refractivity contribution in [3.63, 3.8) is 0 Å². The number of rotatable bonds is 3. The molecule has 0 amide bonds. The van der Waals surface area contributed by atoms with E-state index in [1.54, 1.807) is 6.07 Å². The van der Waals surface area contributed by atoms with Gasteiger partial charge >= 0.3 is 11.9 Å². The van der Waals surface area contributed by atoms with E-state index < -0.39 is 17.5 Å². The largest absolute Gasteiger partial charge is 0.473 e. The molecule has 2 aromatic carbocycles. The third-order valence-corrected chi connectivity index (χ3v) is 7.21. The van der Waals surface area contributed by atoms with Crippen LogP contribution < -0.4 is 0 Å². The van der Waals surface area contributed by atoms with Gasteiger partial charge in [-0.25, -0.2) is 9.59 Å². The first-order valence-electron chi connectivity index (χ1n) is 10.5. The molecule has 5 rings (SSSR count). The van der Waals surface area contributed by atoms with Crippen molar-refractivity contribution in [3.05, 3.63) is 69.9 Å². The van der Waals surface area contributed by atoms with E-state index in [0.29, 0.717) is 22.1 Å². The first-order valence-corrected chi connectivity index (χ1v) is 11.3. The summed E-state index contributed by atoms with van der Waals surface area (Å²) in [6.45, 7) is 0.865. The Morgan fingerprint density at radius 3 is 2.24 bits per heavy atom. The molecular formula is C24H23Cl2NO6. The highest BCUT2D eigenvalue weighted by Gasteiger charge is 2.48. The van der Waals surface area contributed by atoms with Crippen molar-refractivity contribution in [1.29, 1.82) is 0 Å². The number of benzene rings is 2. The number of carboxylic acids is 2. The van der Waals surface area contributed by atoms with E-state index in [9.17, 15) is 5.11 Å². The second kappa shape index (κ2) is 9.35. The summed E-state index contributed by atoms with van der Waals surface area (Å²) in [4.78, 5) is 20.7. The van der Waals surface area contributed by atoms with E-state index in [-0.39, 0.29) is 0 Å². The number of halogens is 2. The zero-order chi connectivity index (χ0) is 23.8. The zero-order valence-electron chi connectivity index (χ0n) is 17.6. The first kappa shape index (κ1) is 23.6. The standard InChI is InChI=1S/C22H21Cl2NO2.C2H2O4/c23-19-8-5-15(9-20(19)24)22(26)10-16-6-7-17(11-22)25(16)12-14-13-27-21-4-2-1-3-18(14)21;3-1(4)2(5)6/h1-5,8-9,13,16-17,26H,6-7,10-12H2;(H,3,4)(H,5,6)/t16-,17+,22?;. The Kier molecular flexibility index (Phi) is 6.68. The zero-order valence-corrected chi connectivity index (χ0v) is 19.1. The molecule has 2 saturated heterocycles. The van der Waals surface area contributed by atoms with Gasteiger partial charge in [0.15, 0.2) is 0 Å². The molecule has 2 aliphatic heterocycles. The van der Waals surface area contributed by atoms with Crippen LogP contribution in [0.15, 0.2) is 53.1 Å². The third-order valence-electron chi connectivity index (χ3n) is 6.47. The second-order valence-corrected chi connectivity index (χ2v) is 9.31. The van der Waals surface area contributed by atoms with Crippen LogP contribution in [-0.2, 0) is 21.7 Å². The SMILES string of the molecule is O=C(O)C(=O)O.OC1(c2ccc(Cl)c(Cl)c2)C[C@H]2CC[C@@H](C1)N2Cc1coc2ccccc12. The molecule has 3 N–H and O–H groups in total. The molecular weight excluding hydrogens is 469 g/mol. The van der Waals surface area contributed by atoms with Gasteiger partial charge in [0, 0.05) is 29.6 Å².